The van der Waals surface area contributed by atoms with E-state index >= 15 is 0 Å². The number of rotatable bonds is 5. The van der Waals surface area contributed by atoms with Crippen LogP contribution < -0.4 is 4.31 Å². The first-order valence-electron chi connectivity index (χ1n) is 6.69. The number of sulfonamides is 1. The molecule has 0 N–H and O–H groups in total. The summed E-state index contributed by atoms with van der Waals surface area (Å²) in [7, 11) is -3.89. The third-order valence-corrected chi connectivity index (χ3v) is 5.47. The van der Waals surface area contributed by atoms with Crippen LogP contribution >= 0.6 is 11.6 Å². The molecule has 2 aromatic rings. The Balaban J connectivity index is 2.62. The molecular weight excluding hydrogens is 322 g/mol. The summed E-state index contributed by atoms with van der Waals surface area (Å²) in [5.74, 6) is 0. The van der Waals surface area contributed by atoms with Crippen LogP contribution in [0.15, 0.2) is 59.5 Å². The van der Waals surface area contributed by atoms with E-state index in [9.17, 15) is 13.2 Å². The Labute approximate surface area is 135 Å². The quantitative estimate of drug-likeness (QED) is 0.786. The highest BCUT2D eigenvalue weighted by Crippen LogP contribution is 2.27. The number of halogens is 1. The van der Waals surface area contributed by atoms with E-state index in [0.29, 0.717) is 5.69 Å². The number of hydrogen-bond donors (Lipinski definition) is 0. The number of aryl methyl sites for hydroxylation is 1. The second-order valence-corrected chi connectivity index (χ2v) is 7.12. The highest BCUT2D eigenvalue weighted by atomic mass is 35.5. The molecule has 0 aliphatic rings. The summed E-state index contributed by atoms with van der Waals surface area (Å²) in [6.45, 7) is 3.32. The molecule has 0 amide bonds. The van der Waals surface area contributed by atoms with E-state index in [1.165, 1.54) is 19.1 Å². The maximum Gasteiger partial charge on any atom is 0.265 e. The zero-order chi connectivity index (χ0) is 16.3. The number of benzene rings is 2. The second-order valence-electron chi connectivity index (χ2n) is 4.93. The Morgan fingerprint density at radius 3 is 2.27 bits per heavy atom. The number of carbonyl (C=O) groups is 1. The van der Waals surface area contributed by atoms with Crippen LogP contribution in [0, 0.1) is 6.92 Å². The summed E-state index contributed by atoms with van der Waals surface area (Å²) in [6.07, 6.45) is 0. The van der Waals surface area contributed by atoms with Crippen molar-refractivity contribution >= 4 is 32.6 Å². The summed E-state index contributed by atoms with van der Waals surface area (Å²) in [5.41, 5.74) is 1.30. The topological polar surface area (TPSA) is 54.5 Å². The molecule has 4 nitrogen and oxygen atoms in total. The van der Waals surface area contributed by atoms with Crippen LogP contribution in [0.3, 0.4) is 0 Å². The molecule has 2 aromatic carbocycles. The lowest BCUT2D eigenvalue weighted by Crippen LogP contribution is -2.42. The van der Waals surface area contributed by atoms with Gasteiger partial charge in [-0.25, -0.2) is 8.42 Å². The molecule has 0 spiro atoms. The first-order valence-corrected chi connectivity index (χ1v) is 8.51. The minimum Gasteiger partial charge on any atom is -0.279 e. The zero-order valence-corrected chi connectivity index (χ0v) is 13.8. The van der Waals surface area contributed by atoms with Gasteiger partial charge < -0.3 is 0 Å². The van der Waals surface area contributed by atoms with Crippen molar-refractivity contribution in [3.63, 3.8) is 0 Å². The van der Waals surface area contributed by atoms with E-state index in [-0.39, 0.29) is 4.90 Å². The normalized spacial score (nSPS) is 12.7. The standard InChI is InChI=1S/C16H16ClNO3S/c1-12-7-6-8-14(11-12)18(13(2)16(17)19)22(20,21)15-9-4-3-5-10-15/h3-11,13H,1-2H3. The van der Waals surface area contributed by atoms with Gasteiger partial charge in [0.15, 0.2) is 0 Å². The van der Waals surface area contributed by atoms with E-state index in [4.69, 9.17) is 11.6 Å². The van der Waals surface area contributed by atoms with Gasteiger partial charge in [0.05, 0.1) is 10.6 Å². The van der Waals surface area contributed by atoms with Crippen molar-refractivity contribution in [3.05, 3.63) is 60.2 Å². The van der Waals surface area contributed by atoms with Crippen molar-refractivity contribution in [2.24, 2.45) is 0 Å². The number of hydrogen-bond acceptors (Lipinski definition) is 3. The third-order valence-electron chi connectivity index (χ3n) is 3.24. The maximum atomic E-state index is 12.9. The lowest BCUT2D eigenvalue weighted by atomic mass is 10.2. The van der Waals surface area contributed by atoms with Gasteiger partial charge in [-0.1, -0.05) is 30.3 Å². The number of anilines is 1. The molecule has 0 fully saturated rings. The molecule has 1 unspecified atom stereocenters. The van der Waals surface area contributed by atoms with Crippen molar-refractivity contribution < 1.29 is 13.2 Å². The van der Waals surface area contributed by atoms with Crippen LogP contribution in [0.2, 0.25) is 0 Å². The Morgan fingerprint density at radius 2 is 1.73 bits per heavy atom. The van der Waals surface area contributed by atoms with Gasteiger partial charge in [0.2, 0.25) is 5.24 Å². The molecule has 0 saturated heterocycles. The average molecular weight is 338 g/mol. The van der Waals surface area contributed by atoms with Crippen molar-refractivity contribution in [3.8, 4) is 0 Å². The fourth-order valence-electron chi connectivity index (χ4n) is 2.13. The fraction of sp³-hybridized carbons (Fsp3) is 0.188. The lowest BCUT2D eigenvalue weighted by molar-refractivity contribution is -0.112. The van der Waals surface area contributed by atoms with Crippen LogP contribution in [0.1, 0.15) is 12.5 Å². The molecule has 116 valence electrons. The van der Waals surface area contributed by atoms with E-state index in [0.717, 1.165) is 9.87 Å². The predicted molar refractivity (Wildman–Crippen MR) is 87.6 cm³/mol. The van der Waals surface area contributed by atoms with Gasteiger partial charge in [0, 0.05) is 0 Å². The number of carbonyl (C=O) groups excluding carboxylic acids is 1. The van der Waals surface area contributed by atoms with Crippen LogP contribution in [0.4, 0.5) is 5.69 Å². The molecule has 0 aliphatic heterocycles. The summed E-state index contributed by atoms with van der Waals surface area (Å²) >= 11 is 5.56. The molecule has 6 heteroatoms. The highest BCUT2D eigenvalue weighted by Gasteiger charge is 2.32. The Bertz CT molecular complexity index is 775. The van der Waals surface area contributed by atoms with E-state index in [1.807, 2.05) is 13.0 Å². The molecule has 0 bridgehead atoms. The molecule has 2 rings (SSSR count). The Kier molecular flexibility index (Phi) is 4.88. The third kappa shape index (κ3) is 3.31. The van der Waals surface area contributed by atoms with E-state index in [2.05, 4.69) is 0 Å². The molecular formula is C16H16ClNO3S. The minimum atomic E-state index is -3.89. The monoisotopic (exact) mass is 337 g/mol. The Hall–Kier alpha value is -1.85. The summed E-state index contributed by atoms with van der Waals surface area (Å²) in [4.78, 5) is 11.7. The van der Waals surface area contributed by atoms with Crippen molar-refractivity contribution in [2.75, 3.05) is 4.31 Å². The molecule has 0 saturated carbocycles. The SMILES string of the molecule is Cc1cccc(N(C(C)C(=O)Cl)S(=O)(=O)c2ccccc2)c1. The summed E-state index contributed by atoms with van der Waals surface area (Å²) in [5, 5.41) is -0.735. The van der Waals surface area contributed by atoms with Gasteiger partial charge >= 0.3 is 0 Å². The van der Waals surface area contributed by atoms with Crippen LogP contribution in [-0.2, 0) is 14.8 Å². The minimum absolute atomic E-state index is 0.112. The van der Waals surface area contributed by atoms with Gasteiger partial charge in [-0.15, -0.1) is 0 Å². The van der Waals surface area contributed by atoms with Crippen molar-refractivity contribution in [1.29, 1.82) is 0 Å². The van der Waals surface area contributed by atoms with E-state index in [1.54, 1.807) is 36.4 Å². The molecule has 0 aromatic heterocycles. The number of nitrogens with zero attached hydrogens (tertiary/aromatic N) is 1. The fourth-order valence-corrected chi connectivity index (χ4v) is 3.92. The second kappa shape index (κ2) is 6.50. The lowest BCUT2D eigenvalue weighted by Gasteiger charge is -2.28. The Morgan fingerprint density at radius 1 is 1.09 bits per heavy atom. The van der Waals surface area contributed by atoms with Crippen LogP contribution in [0.25, 0.3) is 0 Å². The van der Waals surface area contributed by atoms with Crippen molar-refractivity contribution in [1.82, 2.24) is 0 Å². The van der Waals surface area contributed by atoms with Gasteiger partial charge in [0.25, 0.3) is 10.0 Å². The van der Waals surface area contributed by atoms with Gasteiger partial charge in [-0.05, 0) is 55.3 Å². The van der Waals surface area contributed by atoms with Crippen LogP contribution in [-0.4, -0.2) is 19.7 Å². The summed E-state index contributed by atoms with van der Waals surface area (Å²) < 4.78 is 26.9. The maximum absolute atomic E-state index is 12.9. The van der Waals surface area contributed by atoms with Gasteiger partial charge in [-0.2, -0.15) is 0 Å². The first-order chi connectivity index (χ1) is 10.3. The highest BCUT2D eigenvalue weighted by molar-refractivity contribution is 7.93. The van der Waals surface area contributed by atoms with Gasteiger partial charge in [0.1, 0.15) is 6.04 Å². The van der Waals surface area contributed by atoms with Crippen molar-refractivity contribution in [2.45, 2.75) is 24.8 Å². The average Bonchev–Trinajstić information content (AvgIpc) is 2.48. The predicted octanol–water partition coefficient (Wildman–Crippen LogP) is 3.34. The largest absolute Gasteiger partial charge is 0.279 e. The first kappa shape index (κ1) is 16.5. The van der Waals surface area contributed by atoms with E-state index < -0.39 is 21.3 Å². The molecule has 1 atom stereocenters. The molecule has 0 radical (unpaired) electrons. The smallest absolute Gasteiger partial charge is 0.265 e. The molecule has 0 heterocycles. The molecule has 0 aliphatic carbocycles. The van der Waals surface area contributed by atoms with Gasteiger partial charge in [-0.3, -0.25) is 9.10 Å². The molecule has 22 heavy (non-hydrogen) atoms. The van der Waals surface area contributed by atoms with Crippen LogP contribution in [0.5, 0.6) is 0 Å². The zero-order valence-electron chi connectivity index (χ0n) is 12.2. The summed E-state index contributed by atoms with van der Waals surface area (Å²) in [6, 6.07) is 13.9.